The number of hydrogen-bond donors (Lipinski definition) is 1. The lowest BCUT2D eigenvalue weighted by Gasteiger charge is -2.17. The van der Waals surface area contributed by atoms with Crippen molar-refractivity contribution in [3.8, 4) is 0 Å². The van der Waals surface area contributed by atoms with Crippen molar-refractivity contribution in [2.24, 2.45) is 11.8 Å². The highest BCUT2D eigenvalue weighted by molar-refractivity contribution is 5.25. The second-order valence-corrected chi connectivity index (χ2v) is 3.99. The average molecular weight is 222 g/mol. The van der Waals surface area contributed by atoms with E-state index in [4.69, 9.17) is 0 Å². The number of allylic oxidation sites excluding steroid dienone is 3. The lowest BCUT2D eigenvalue weighted by atomic mass is 9.92. The van der Waals surface area contributed by atoms with Gasteiger partial charge in [0, 0.05) is 6.42 Å². The monoisotopic (exact) mass is 222 g/mol. The van der Waals surface area contributed by atoms with Gasteiger partial charge in [0.15, 0.2) is 0 Å². The standard InChI is InChI=1S/C11H17F3O/c1-5-9(11(12,13)14)10(15)6-8(4)7(2)3/h5,7-8,15H,1,6H2,2-4H3/b10-9-/t8-/m1/s1. The minimum atomic E-state index is -4.53. The Morgan fingerprint density at radius 1 is 1.33 bits per heavy atom. The average Bonchev–Trinajstić information content (AvgIpc) is 2.01. The van der Waals surface area contributed by atoms with Crippen LogP contribution in [0.25, 0.3) is 0 Å². The van der Waals surface area contributed by atoms with Crippen molar-refractivity contribution in [1.29, 1.82) is 0 Å². The van der Waals surface area contributed by atoms with Crippen LogP contribution in [0.4, 0.5) is 13.2 Å². The maximum atomic E-state index is 12.3. The molecular formula is C11H17F3O. The van der Waals surface area contributed by atoms with Crippen molar-refractivity contribution in [3.63, 3.8) is 0 Å². The molecule has 15 heavy (non-hydrogen) atoms. The first-order valence-corrected chi connectivity index (χ1v) is 4.81. The molecule has 0 amide bonds. The molecule has 0 rings (SSSR count). The van der Waals surface area contributed by atoms with E-state index in [1.807, 2.05) is 13.8 Å². The molecule has 4 heteroatoms. The van der Waals surface area contributed by atoms with Crippen LogP contribution in [-0.2, 0) is 0 Å². The SMILES string of the molecule is C=C/C(=C(/O)C[C@@H](C)C(C)C)C(F)(F)F. The first-order valence-electron chi connectivity index (χ1n) is 4.81. The molecule has 1 N–H and O–H groups in total. The van der Waals surface area contributed by atoms with Gasteiger partial charge in [0.1, 0.15) is 5.76 Å². The normalized spacial score (nSPS) is 16.2. The molecule has 0 saturated heterocycles. The van der Waals surface area contributed by atoms with E-state index in [1.165, 1.54) is 0 Å². The summed E-state index contributed by atoms with van der Waals surface area (Å²) in [7, 11) is 0. The van der Waals surface area contributed by atoms with Crippen LogP contribution in [0.15, 0.2) is 24.0 Å². The molecule has 0 radical (unpaired) electrons. The van der Waals surface area contributed by atoms with E-state index in [2.05, 4.69) is 6.58 Å². The second-order valence-electron chi connectivity index (χ2n) is 3.99. The highest BCUT2D eigenvalue weighted by Gasteiger charge is 2.34. The number of alkyl halides is 3. The van der Waals surface area contributed by atoms with E-state index in [-0.39, 0.29) is 18.3 Å². The predicted octanol–water partition coefficient (Wildman–Crippen LogP) is 4.23. The Labute approximate surface area is 88.3 Å². The topological polar surface area (TPSA) is 20.2 Å². The molecule has 0 aliphatic rings. The molecule has 0 heterocycles. The lowest BCUT2D eigenvalue weighted by molar-refractivity contribution is -0.0911. The Hall–Kier alpha value is -0.930. The van der Waals surface area contributed by atoms with Crippen LogP contribution in [0.2, 0.25) is 0 Å². The zero-order chi connectivity index (χ0) is 12.2. The van der Waals surface area contributed by atoms with Crippen molar-refractivity contribution >= 4 is 0 Å². The fourth-order valence-corrected chi connectivity index (χ4v) is 1.05. The van der Waals surface area contributed by atoms with Crippen LogP contribution < -0.4 is 0 Å². The van der Waals surface area contributed by atoms with Crippen molar-refractivity contribution in [2.45, 2.75) is 33.4 Å². The first-order chi connectivity index (χ1) is 6.70. The molecule has 0 aromatic carbocycles. The molecule has 1 atom stereocenters. The van der Waals surface area contributed by atoms with E-state index in [0.29, 0.717) is 6.08 Å². The van der Waals surface area contributed by atoms with Gasteiger partial charge in [-0.25, -0.2) is 0 Å². The molecule has 1 nitrogen and oxygen atoms in total. The van der Waals surface area contributed by atoms with Gasteiger partial charge in [-0.15, -0.1) is 0 Å². The highest BCUT2D eigenvalue weighted by atomic mass is 19.4. The van der Waals surface area contributed by atoms with E-state index >= 15 is 0 Å². The molecule has 0 saturated carbocycles. The van der Waals surface area contributed by atoms with Crippen molar-refractivity contribution in [1.82, 2.24) is 0 Å². The third-order valence-electron chi connectivity index (χ3n) is 2.47. The fraction of sp³-hybridized carbons (Fsp3) is 0.636. The third-order valence-corrected chi connectivity index (χ3v) is 2.47. The Morgan fingerprint density at radius 3 is 2.07 bits per heavy atom. The van der Waals surface area contributed by atoms with Crippen LogP contribution in [0, 0.1) is 11.8 Å². The summed E-state index contributed by atoms with van der Waals surface area (Å²) in [6.45, 7) is 8.67. The summed E-state index contributed by atoms with van der Waals surface area (Å²) < 4.78 is 37.0. The van der Waals surface area contributed by atoms with Gasteiger partial charge in [-0.05, 0) is 11.8 Å². The van der Waals surface area contributed by atoms with Gasteiger partial charge >= 0.3 is 6.18 Å². The largest absolute Gasteiger partial charge is 0.512 e. The zero-order valence-corrected chi connectivity index (χ0v) is 9.23. The van der Waals surface area contributed by atoms with Gasteiger partial charge in [0.2, 0.25) is 0 Å². The van der Waals surface area contributed by atoms with Gasteiger partial charge in [0.25, 0.3) is 0 Å². The van der Waals surface area contributed by atoms with Crippen LogP contribution >= 0.6 is 0 Å². The Morgan fingerprint density at radius 2 is 1.80 bits per heavy atom. The third kappa shape index (κ3) is 4.40. The van der Waals surface area contributed by atoms with Crippen molar-refractivity contribution < 1.29 is 18.3 Å². The van der Waals surface area contributed by atoms with Gasteiger partial charge < -0.3 is 5.11 Å². The number of halogens is 3. The van der Waals surface area contributed by atoms with Gasteiger partial charge in [-0.3, -0.25) is 0 Å². The summed E-state index contributed by atoms with van der Waals surface area (Å²) in [5.41, 5.74) is -1.03. The smallest absolute Gasteiger partial charge is 0.419 e. The molecule has 0 bridgehead atoms. The van der Waals surface area contributed by atoms with Crippen molar-refractivity contribution in [3.05, 3.63) is 24.0 Å². The molecule has 88 valence electrons. The Kier molecular flexibility index (Phi) is 4.91. The van der Waals surface area contributed by atoms with E-state index < -0.39 is 17.5 Å². The van der Waals surface area contributed by atoms with Gasteiger partial charge in [-0.2, -0.15) is 13.2 Å². The van der Waals surface area contributed by atoms with E-state index in [9.17, 15) is 18.3 Å². The maximum Gasteiger partial charge on any atom is 0.419 e. The minimum absolute atomic E-state index is 0.00213. The number of hydrogen-bond acceptors (Lipinski definition) is 1. The summed E-state index contributed by atoms with van der Waals surface area (Å²) in [6, 6.07) is 0. The minimum Gasteiger partial charge on any atom is -0.512 e. The molecule has 0 fully saturated rings. The van der Waals surface area contributed by atoms with Crippen LogP contribution in [0.1, 0.15) is 27.2 Å². The lowest BCUT2D eigenvalue weighted by Crippen LogP contribution is -2.15. The summed E-state index contributed by atoms with van der Waals surface area (Å²) in [5, 5.41) is 9.35. The predicted molar refractivity (Wildman–Crippen MR) is 54.5 cm³/mol. The molecule has 0 aliphatic carbocycles. The molecule has 0 aromatic heterocycles. The number of rotatable bonds is 4. The van der Waals surface area contributed by atoms with Gasteiger partial charge in [-0.1, -0.05) is 33.4 Å². The van der Waals surface area contributed by atoms with E-state index in [1.54, 1.807) is 6.92 Å². The summed E-state index contributed by atoms with van der Waals surface area (Å²) in [5.74, 6) is -0.396. The summed E-state index contributed by atoms with van der Waals surface area (Å²) >= 11 is 0. The quantitative estimate of drug-likeness (QED) is 0.557. The zero-order valence-electron chi connectivity index (χ0n) is 9.23. The molecular weight excluding hydrogens is 205 g/mol. The Balaban J connectivity index is 4.83. The Bertz CT molecular complexity index is 251. The van der Waals surface area contributed by atoms with Crippen LogP contribution in [0.3, 0.4) is 0 Å². The summed E-state index contributed by atoms with van der Waals surface area (Å²) in [4.78, 5) is 0. The number of aliphatic hydroxyl groups excluding tert-OH is 1. The second kappa shape index (κ2) is 5.24. The fourth-order valence-electron chi connectivity index (χ4n) is 1.05. The summed E-state index contributed by atoms with van der Waals surface area (Å²) in [6.07, 6.45) is -3.84. The van der Waals surface area contributed by atoms with E-state index in [0.717, 1.165) is 0 Å². The molecule has 0 aliphatic heterocycles. The molecule has 0 aromatic rings. The maximum absolute atomic E-state index is 12.3. The molecule has 0 spiro atoms. The van der Waals surface area contributed by atoms with Crippen LogP contribution in [-0.4, -0.2) is 11.3 Å². The van der Waals surface area contributed by atoms with Gasteiger partial charge in [0.05, 0.1) is 5.57 Å². The highest BCUT2D eigenvalue weighted by Crippen LogP contribution is 2.31. The number of aliphatic hydroxyl groups is 1. The van der Waals surface area contributed by atoms with Crippen LogP contribution in [0.5, 0.6) is 0 Å². The first kappa shape index (κ1) is 14.1. The van der Waals surface area contributed by atoms with Crippen molar-refractivity contribution in [2.75, 3.05) is 0 Å². The molecule has 0 unspecified atom stereocenters.